The summed E-state index contributed by atoms with van der Waals surface area (Å²) >= 11 is 0. The fourth-order valence-corrected chi connectivity index (χ4v) is 4.09. The molecule has 5 heteroatoms. The summed E-state index contributed by atoms with van der Waals surface area (Å²) in [7, 11) is 0. The summed E-state index contributed by atoms with van der Waals surface area (Å²) in [6, 6.07) is 5.59. The van der Waals surface area contributed by atoms with Crippen molar-refractivity contribution in [3.8, 4) is 5.75 Å². The molecule has 1 aromatic carbocycles. The zero-order valence-corrected chi connectivity index (χ0v) is 18.1. The molecule has 0 bridgehead atoms. The number of rotatable bonds is 5. The van der Waals surface area contributed by atoms with Crippen molar-refractivity contribution in [2.45, 2.75) is 71.5 Å². The Morgan fingerprint density at radius 3 is 2.66 bits per heavy atom. The molecule has 0 N–H and O–H groups in total. The molecule has 156 valence electrons. The highest BCUT2D eigenvalue weighted by atomic mass is 16.6. The molecule has 1 aliphatic heterocycles. The Labute approximate surface area is 171 Å². The summed E-state index contributed by atoms with van der Waals surface area (Å²) in [4.78, 5) is 24.2. The van der Waals surface area contributed by atoms with Crippen LogP contribution in [0.2, 0.25) is 0 Å². The Balaban J connectivity index is 2.12. The first-order chi connectivity index (χ1) is 13.4. The van der Waals surface area contributed by atoms with Crippen LogP contribution in [0.3, 0.4) is 0 Å². The molecule has 2 heterocycles. The fraction of sp³-hybridized carbons (Fsp3) is 0.500. The van der Waals surface area contributed by atoms with Gasteiger partial charge in [0.05, 0.1) is 0 Å². The highest BCUT2D eigenvalue weighted by Crippen LogP contribution is 2.40. The smallest absolute Gasteiger partial charge is 0.340 e. The van der Waals surface area contributed by atoms with Crippen molar-refractivity contribution in [1.82, 2.24) is 0 Å². The van der Waals surface area contributed by atoms with Crippen molar-refractivity contribution in [1.29, 1.82) is 0 Å². The van der Waals surface area contributed by atoms with E-state index in [4.69, 9.17) is 13.9 Å². The van der Waals surface area contributed by atoms with Crippen molar-refractivity contribution >= 4 is 16.9 Å². The summed E-state index contributed by atoms with van der Waals surface area (Å²) in [5, 5.41) is 0.811. The molecule has 1 aromatic heterocycles. The van der Waals surface area contributed by atoms with Crippen LogP contribution in [-0.4, -0.2) is 17.7 Å². The molecule has 3 rings (SSSR count). The van der Waals surface area contributed by atoms with E-state index in [1.165, 1.54) is 6.92 Å². The first-order valence-corrected chi connectivity index (χ1v) is 10.1. The quantitative estimate of drug-likeness (QED) is 0.406. The Hall–Kier alpha value is -2.56. The third-order valence-electron chi connectivity index (χ3n) is 5.67. The van der Waals surface area contributed by atoms with Gasteiger partial charge in [0, 0.05) is 35.8 Å². The van der Waals surface area contributed by atoms with Crippen molar-refractivity contribution in [2.75, 3.05) is 0 Å². The van der Waals surface area contributed by atoms with Crippen molar-refractivity contribution in [3.63, 3.8) is 0 Å². The molecule has 0 fully saturated rings. The van der Waals surface area contributed by atoms with Gasteiger partial charge in [-0.2, -0.15) is 0 Å². The lowest BCUT2D eigenvalue weighted by Crippen LogP contribution is -2.51. The van der Waals surface area contributed by atoms with E-state index in [0.717, 1.165) is 17.4 Å². The van der Waals surface area contributed by atoms with Crippen LogP contribution >= 0.6 is 0 Å². The average Bonchev–Trinajstić information content (AvgIpc) is 2.59. The van der Waals surface area contributed by atoms with Crippen molar-refractivity contribution < 1.29 is 18.7 Å². The van der Waals surface area contributed by atoms with Gasteiger partial charge in [-0.3, -0.25) is 4.79 Å². The molecule has 0 unspecified atom stereocenters. The van der Waals surface area contributed by atoms with Crippen LogP contribution in [-0.2, 0) is 21.4 Å². The summed E-state index contributed by atoms with van der Waals surface area (Å²) in [5.41, 5.74) is 0.443. The van der Waals surface area contributed by atoms with E-state index in [2.05, 4.69) is 20.4 Å². The van der Waals surface area contributed by atoms with E-state index in [0.29, 0.717) is 29.2 Å². The first-order valence-electron chi connectivity index (χ1n) is 10.1. The number of hydrogen-bond acceptors (Lipinski definition) is 5. The maximum atomic E-state index is 12.5. The molecule has 1 aliphatic rings. The van der Waals surface area contributed by atoms with Crippen molar-refractivity contribution in [3.05, 3.63) is 52.4 Å². The number of hydrogen-bond donors (Lipinski definition) is 0. The van der Waals surface area contributed by atoms with Gasteiger partial charge in [-0.1, -0.05) is 33.8 Å². The first kappa shape index (κ1) is 21.2. The lowest BCUT2D eigenvalue weighted by molar-refractivity contribution is -0.161. The third kappa shape index (κ3) is 4.09. The number of carbonyl (C=O) groups excluding carboxylic acids is 1. The second kappa shape index (κ2) is 7.36. The fourth-order valence-electron chi connectivity index (χ4n) is 4.09. The van der Waals surface area contributed by atoms with Gasteiger partial charge in [0.1, 0.15) is 23.0 Å². The number of benzene rings is 1. The van der Waals surface area contributed by atoms with Gasteiger partial charge < -0.3 is 13.9 Å². The largest absolute Gasteiger partial charge is 0.483 e. The Morgan fingerprint density at radius 2 is 2.07 bits per heavy atom. The molecule has 0 aliphatic carbocycles. The molecule has 0 saturated heterocycles. The maximum absolute atomic E-state index is 12.5. The van der Waals surface area contributed by atoms with Crippen LogP contribution in [0.4, 0.5) is 0 Å². The lowest BCUT2D eigenvalue weighted by atomic mass is 9.82. The van der Waals surface area contributed by atoms with Gasteiger partial charge in [0.25, 0.3) is 0 Å². The number of allylic oxidation sites excluding steroid dienone is 1. The minimum Gasteiger partial charge on any atom is -0.483 e. The maximum Gasteiger partial charge on any atom is 0.340 e. The number of fused-ring (bicyclic) bond motifs is 2. The minimum atomic E-state index is -0.647. The number of esters is 1. The number of ether oxygens (including phenoxy) is 2. The van der Waals surface area contributed by atoms with E-state index in [1.54, 1.807) is 12.1 Å². The van der Waals surface area contributed by atoms with Crippen LogP contribution in [0.15, 0.2) is 40.1 Å². The van der Waals surface area contributed by atoms with E-state index in [1.807, 2.05) is 32.9 Å². The summed E-state index contributed by atoms with van der Waals surface area (Å²) in [5.74, 6) is 0.712. The molecule has 0 spiro atoms. The normalized spacial score (nSPS) is 21.6. The highest BCUT2D eigenvalue weighted by molar-refractivity contribution is 5.80. The van der Waals surface area contributed by atoms with Gasteiger partial charge in [-0.15, -0.1) is 6.58 Å². The topological polar surface area (TPSA) is 65.7 Å². The van der Waals surface area contributed by atoms with E-state index in [9.17, 15) is 9.59 Å². The molecule has 0 radical (unpaired) electrons. The molecule has 0 amide bonds. The zero-order valence-electron chi connectivity index (χ0n) is 18.1. The summed E-state index contributed by atoms with van der Waals surface area (Å²) in [6.45, 7) is 15.3. The third-order valence-corrected chi connectivity index (χ3v) is 5.67. The Bertz CT molecular complexity index is 1010. The Morgan fingerprint density at radius 1 is 1.38 bits per heavy atom. The highest BCUT2D eigenvalue weighted by Gasteiger charge is 2.43. The summed E-state index contributed by atoms with van der Waals surface area (Å²) < 4.78 is 17.6. The average molecular weight is 398 g/mol. The van der Waals surface area contributed by atoms with Crippen LogP contribution < -0.4 is 10.4 Å². The Kier molecular flexibility index (Phi) is 5.37. The molecule has 29 heavy (non-hydrogen) atoms. The van der Waals surface area contributed by atoms with E-state index < -0.39 is 11.0 Å². The molecule has 5 nitrogen and oxygen atoms in total. The van der Waals surface area contributed by atoms with E-state index in [-0.39, 0.29) is 17.7 Å². The molecular formula is C24H30O5. The SMILES string of the molecule is C=CC(C)(C)c1cc2cc3c(cc2oc1=O)O[C@](C)(CC(C)C)[C@@H](OC(C)=O)C3. The van der Waals surface area contributed by atoms with Gasteiger partial charge in [0.2, 0.25) is 0 Å². The summed E-state index contributed by atoms with van der Waals surface area (Å²) in [6.07, 6.45) is 2.64. The van der Waals surface area contributed by atoms with Crippen LogP contribution in [0.25, 0.3) is 11.0 Å². The molecule has 0 saturated carbocycles. The van der Waals surface area contributed by atoms with Gasteiger partial charge >= 0.3 is 11.6 Å². The molecule has 2 aromatic rings. The van der Waals surface area contributed by atoms with Gasteiger partial charge in [0.15, 0.2) is 0 Å². The standard InChI is InChI=1S/C24H30O5/c1-8-23(5,6)18-10-16-9-17-11-21(27-15(4)25)24(7,13-14(2)3)29-20(17)12-19(16)28-22(18)26/h8-10,12,14,21H,1,11,13H2,2-7H3/t21-,24+/m0/s1. The van der Waals surface area contributed by atoms with Crippen LogP contribution in [0.5, 0.6) is 5.75 Å². The molecular weight excluding hydrogens is 368 g/mol. The monoisotopic (exact) mass is 398 g/mol. The number of carbonyl (C=O) groups is 1. The minimum absolute atomic E-state index is 0.321. The predicted molar refractivity (Wildman–Crippen MR) is 113 cm³/mol. The molecule has 2 atom stereocenters. The second-order valence-corrected chi connectivity index (χ2v) is 9.19. The zero-order chi connectivity index (χ0) is 21.6. The van der Waals surface area contributed by atoms with Gasteiger partial charge in [-0.25, -0.2) is 4.79 Å². The lowest BCUT2D eigenvalue weighted by Gasteiger charge is -2.42. The van der Waals surface area contributed by atoms with Crippen molar-refractivity contribution in [2.24, 2.45) is 5.92 Å². The second-order valence-electron chi connectivity index (χ2n) is 9.19. The van der Waals surface area contributed by atoms with E-state index >= 15 is 0 Å². The van der Waals surface area contributed by atoms with Crippen LogP contribution in [0, 0.1) is 5.92 Å². The van der Waals surface area contributed by atoms with Gasteiger partial charge in [-0.05, 0) is 37.0 Å². The van der Waals surface area contributed by atoms with Crippen LogP contribution in [0.1, 0.15) is 59.1 Å². The predicted octanol–water partition coefficient (Wildman–Crippen LogP) is 4.93.